The number of allylic oxidation sites excluding steroid dienone is 7. The van der Waals surface area contributed by atoms with Gasteiger partial charge in [0.1, 0.15) is 7.05 Å². The SMILES string of the molecule is CN1C(=C/C=C2\CCC(C=CC3=[N+](C)c4ccc(C(=O)[O-])cc4C3(C)C)=C2N(c2ccccc2)c2ccccc2)C(C)(C)c2cc(C(=O)[O-])ccc21. The van der Waals surface area contributed by atoms with Gasteiger partial charge in [-0.15, -0.1) is 0 Å². The molecule has 0 unspecified atom stereocenters. The number of rotatable bonds is 8. The van der Waals surface area contributed by atoms with Crippen molar-refractivity contribution in [1.29, 1.82) is 0 Å². The minimum Gasteiger partial charge on any atom is -0.545 e. The number of carboxylic acids is 2. The largest absolute Gasteiger partial charge is 0.545 e. The summed E-state index contributed by atoms with van der Waals surface area (Å²) in [7, 11) is 4.06. The van der Waals surface area contributed by atoms with E-state index in [4.69, 9.17) is 0 Å². The smallest absolute Gasteiger partial charge is 0.209 e. The first-order chi connectivity index (χ1) is 24.8. The van der Waals surface area contributed by atoms with Crippen molar-refractivity contribution in [2.45, 2.75) is 51.4 Å². The number of carbonyl (C=O) groups excluding carboxylic acids is 2. The molecule has 0 fully saturated rings. The summed E-state index contributed by atoms with van der Waals surface area (Å²) in [5.74, 6) is -2.36. The Kier molecular flexibility index (Phi) is 8.61. The lowest BCUT2D eigenvalue weighted by Gasteiger charge is -2.29. The van der Waals surface area contributed by atoms with Gasteiger partial charge in [-0.1, -0.05) is 68.5 Å². The van der Waals surface area contributed by atoms with E-state index in [0.29, 0.717) is 0 Å². The van der Waals surface area contributed by atoms with Crippen molar-refractivity contribution in [2.75, 3.05) is 23.9 Å². The van der Waals surface area contributed by atoms with Crippen LogP contribution in [0.3, 0.4) is 0 Å². The zero-order chi connectivity index (χ0) is 36.9. The van der Waals surface area contributed by atoms with Crippen LogP contribution in [0.15, 0.2) is 144 Å². The fraction of sp³-hybridized carbons (Fsp3) is 0.222. The summed E-state index contributed by atoms with van der Waals surface area (Å²) in [6, 6.07) is 31.2. The van der Waals surface area contributed by atoms with Crippen LogP contribution in [-0.2, 0) is 10.8 Å². The van der Waals surface area contributed by atoms with Gasteiger partial charge in [0.05, 0.1) is 23.1 Å². The third-order valence-corrected chi connectivity index (χ3v) is 10.9. The lowest BCUT2D eigenvalue weighted by Crippen LogP contribution is -2.27. The van der Waals surface area contributed by atoms with Crippen molar-refractivity contribution < 1.29 is 24.4 Å². The zero-order valence-electron chi connectivity index (χ0n) is 30.4. The number of fused-ring (bicyclic) bond motifs is 2. The van der Waals surface area contributed by atoms with Gasteiger partial charge in [0, 0.05) is 52.9 Å². The normalized spacial score (nSPS) is 18.8. The quantitative estimate of drug-likeness (QED) is 0.184. The van der Waals surface area contributed by atoms with E-state index in [0.717, 1.165) is 63.8 Å². The number of carbonyl (C=O) groups is 2. The topological polar surface area (TPSA) is 89.8 Å². The Morgan fingerprint density at radius 3 is 1.90 bits per heavy atom. The number of likely N-dealkylation sites (N-methyl/N-ethyl adjacent to an activating group) is 1. The summed E-state index contributed by atoms with van der Waals surface area (Å²) in [6.45, 7) is 8.51. The molecule has 262 valence electrons. The van der Waals surface area contributed by atoms with Crippen LogP contribution >= 0.6 is 0 Å². The second-order valence-corrected chi connectivity index (χ2v) is 14.7. The molecule has 0 spiro atoms. The Balaban J connectivity index is 1.36. The molecular weight excluding hydrogens is 647 g/mol. The highest BCUT2D eigenvalue weighted by Crippen LogP contribution is 2.48. The molecule has 0 saturated carbocycles. The summed E-state index contributed by atoms with van der Waals surface area (Å²) in [5, 5.41) is 23.5. The number of para-hydroxylation sites is 2. The summed E-state index contributed by atoms with van der Waals surface area (Å²) < 4.78 is 2.15. The Morgan fingerprint density at radius 1 is 0.731 bits per heavy atom. The van der Waals surface area contributed by atoms with Crippen molar-refractivity contribution in [3.05, 3.63) is 166 Å². The molecule has 0 radical (unpaired) electrons. The highest BCUT2D eigenvalue weighted by Gasteiger charge is 2.43. The van der Waals surface area contributed by atoms with Crippen LogP contribution in [-0.4, -0.2) is 36.3 Å². The van der Waals surface area contributed by atoms with E-state index in [2.05, 4.69) is 115 Å². The maximum atomic E-state index is 11.7. The predicted octanol–water partition coefficient (Wildman–Crippen LogP) is 7.10. The standard InChI is InChI=1S/C45H43N3O4/c1-44(2)35-27-31(42(49)50)19-23-37(35)46(5)39(44)25-21-29-17-18-30(41(29)48(33-13-9-7-10-14-33)34-15-11-8-12-16-34)22-26-40-45(3,4)36-28-32(43(51)52)20-24-38(36)47(40)6/h7-16,19-28H,17-18H2,1-6H3,(H-,49,50,51,52)/p-1. The lowest BCUT2D eigenvalue weighted by atomic mass is 9.80. The van der Waals surface area contributed by atoms with E-state index >= 15 is 0 Å². The van der Waals surface area contributed by atoms with Crippen LogP contribution in [0, 0.1) is 0 Å². The van der Waals surface area contributed by atoms with Crippen molar-refractivity contribution in [3.8, 4) is 0 Å². The molecule has 0 N–H and O–H groups in total. The maximum Gasteiger partial charge on any atom is 0.209 e. The second kappa shape index (κ2) is 13.0. The van der Waals surface area contributed by atoms with Gasteiger partial charge in [0.25, 0.3) is 0 Å². The van der Waals surface area contributed by atoms with Gasteiger partial charge >= 0.3 is 0 Å². The van der Waals surface area contributed by atoms with Gasteiger partial charge in [0.2, 0.25) is 5.69 Å². The Labute approximate surface area is 305 Å². The van der Waals surface area contributed by atoms with E-state index in [1.807, 2.05) is 38.4 Å². The molecule has 0 aromatic heterocycles. The minimum absolute atomic E-state index is 0.176. The molecule has 7 nitrogen and oxygen atoms in total. The first-order valence-corrected chi connectivity index (χ1v) is 17.6. The molecule has 0 bridgehead atoms. The average Bonchev–Trinajstić information content (AvgIpc) is 3.68. The first kappa shape index (κ1) is 34.5. The molecule has 52 heavy (non-hydrogen) atoms. The van der Waals surface area contributed by atoms with E-state index in [1.165, 1.54) is 11.1 Å². The summed E-state index contributed by atoms with van der Waals surface area (Å²) >= 11 is 0. The summed E-state index contributed by atoms with van der Waals surface area (Å²) in [6.07, 6.45) is 10.5. The lowest BCUT2D eigenvalue weighted by molar-refractivity contribution is -0.401. The van der Waals surface area contributed by atoms with Crippen molar-refractivity contribution in [2.24, 2.45) is 0 Å². The van der Waals surface area contributed by atoms with Crippen molar-refractivity contribution in [3.63, 3.8) is 0 Å². The molecule has 7 rings (SSSR count). The molecule has 0 atom stereocenters. The van der Waals surface area contributed by atoms with E-state index in [1.54, 1.807) is 24.3 Å². The van der Waals surface area contributed by atoms with Gasteiger partial charge in [0.15, 0.2) is 5.71 Å². The van der Waals surface area contributed by atoms with Gasteiger partial charge in [-0.3, -0.25) is 0 Å². The third kappa shape index (κ3) is 5.76. The molecule has 7 heteroatoms. The maximum absolute atomic E-state index is 11.7. The Hall–Kier alpha value is -5.95. The summed E-state index contributed by atoms with van der Waals surface area (Å²) in [5.41, 5.74) is 11.1. The van der Waals surface area contributed by atoms with E-state index in [-0.39, 0.29) is 11.1 Å². The van der Waals surface area contributed by atoms with E-state index in [9.17, 15) is 19.8 Å². The molecule has 0 saturated heterocycles. The van der Waals surface area contributed by atoms with Gasteiger partial charge in [-0.25, -0.2) is 0 Å². The van der Waals surface area contributed by atoms with Gasteiger partial charge in [-0.2, -0.15) is 4.58 Å². The summed E-state index contributed by atoms with van der Waals surface area (Å²) in [4.78, 5) is 27.9. The van der Waals surface area contributed by atoms with Crippen molar-refractivity contribution in [1.82, 2.24) is 0 Å². The van der Waals surface area contributed by atoms with Crippen LogP contribution < -0.4 is 20.0 Å². The molecule has 4 aromatic rings. The van der Waals surface area contributed by atoms with Gasteiger partial charge in [-0.05, 0) is 109 Å². The fourth-order valence-electron chi connectivity index (χ4n) is 8.17. The predicted molar refractivity (Wildman–Crippen MR) is 203 cm³/mol. The highest BCUT2D eigenvalue weighted by atomic mass is 16.4. The Bertz CT molecular complexity index is 2230. The zero-order valence-corrected chi connectivity index (χ0v) is 30.4. The number of aromatic carboxylic acids is 2. The molecule has 0 amide bonds. The van der Waals surface area contributed by atoms with E-state index < -0.39 is 22.8 Å². The average molecular weight is 689 g/mol. The molecule has 2 aliphatic heterocycles. The molecular formula is C45H42N3O4-. The first-order valence-electron chi connectivity index (χ1n) is 17.6. The minimum atomic E-state index is -1.18. The number of nitrogens with zero attached hydrogens (tertiary/aromatic N) is 3. The second-order valence-electron chi connectivity index (χ2n) is 14.7. The number of anilines is 3. The number of carboxylic acid groups (broad SMARTS) is 2. The molecule has 3 aliphatic rings. The van der Waals surface area contributed by atoms with Crippen LogP contribution in [0.5, 0.6) is 0 Å². The Morgan fingerprint density at radius 2 is 1.31 bits per heavy atom. The van der Waals surface area contributed by atoms with Gasteiger partial charge < -0.3 is 29.6 Å². The molecule has 1 aliphatic carbocycles. The van der Waals surface area contributed by atoms with Crippen LogP contribution in [0.2, 0.25) is 0 Å². The highest BCUT2D eigenvalue weighted by molar-refractivity contribution is 6.04. The third-order valence-electron chi connectivity index (χ3n) is 10.9. The number of hydrogen-bond acceptors (Lipinski definition) is 6. The van der Waals surface area contributed by atoms with Crippen LogP contribution in [0.4, 0.5) is 22.7 Å². The van der Waals surface area contributed by atoms with Crippen molar-refractivity contribution >= 4 is 40.4 Å². The molecule has 2 heterocycles. The van der Waals surface area contributed by atoms with Crippen LogP contribution in [0.1, 0.15) is 72.4 Å². The number of benzene rings is 4. The number of hydrogen-bond donors (Lipinski definition) is 0. The van der Waals surface area contributed by atoms with Crippen LogP contribution in [0.25, 0.3) is 0 Å². The fourth-order valence-corrected chi connectivity index (χ4v) is 8.17. The monoisotopic (exact) mass is 688 g/mol. The molecule has 4 aromatic carbocycles.